The first-order chi connectivity index (χ1) is 11.5. The molecule has 3 heterocycles. The maximum Gasteiger partial charge on any atom is 0.266 e. The minimum atomic E-state index is -0.0813. The number of thiocarbonyl (C=S) groups is 1. The number of aromatic nitrogens is 3. The van der Waals surface area contributed by atoms with E-state index in [2.05, 4.69) is 9.97 Å². The topological polar surface area (TPSA) is 51.0 Å². The normalized spacial score (nSPS) is 16.8. The predicted molar refractivity (Wildman–Crippen MR) is 103 cm³/mol. The summed E-state index contributed by atoms with van der Waals surface area (Å²) in [5.41, 5.74) is 1.87. The Bertz CT molecular complexity index is 1000. The van der Waals surface area contributed by atoms with Gasteiger partial charge in [-0.3, -0.25) is 9.69 Å². The van der Waals surface area contributed by atoms with Gasteiger partial charge in [-0.2, -0.15) is 0 Å². The Hall–Kier alpha value is -2.03. The van der Waals surface area contributed by atoms with Crippen LogP contribution in [0.25, 0.3) is 27.9 Å². The lowest BCUT2D eigenvalue weighted by Crippen LogP contribution is -2.22. The second-order valence-corrected chi connectivity index (χ2v) is 7.97. The standard InChI is InChI=1S/C16H12N4OS3/c1-19-12(9-6-4-3-5-7-9)18-14-13(19)17-11(24-14)8-10-15(21)20(2)16(22)23-10/h3-8H,1-2H3/b10-8+. The van der Waals surface area contributed by atoms with Crippen molar-refractivity contribution in [2.75, 3.05) is 7.05 Å². The van der Waals surface area contributed by atoms with Crippen LogP contribution in [0.15, 0.2) is 35.2 Å². The summed E-state index contributed by atoms with van der Waals surface area (Å²) in [6, 6.07) is 10.0. The van der Waals surface area contributed by atoms with Crippen molar-refractivity contribution in [2.24, 2.45) is 7.05 Å². The van der Waals surface area contributed by atoms with Crippen LogP contribution in [0.2, 0.25) is 0 Å². The Morgan fingerprint density at radius 1 is 1.17 bits per heavy atom. The minimum Gasteiger partial charge on any atom is -0.311 e. The van der Waals surface area contributed by atoms with Crippen LogP contribution in [0.3, 0.4) is 0 Å². The molecule has 1 fully saturated rings. The average Bonchev–Trinajstić information content (AvgIpc) is 3.19. The summed E-state index contributed by atoms with van der Waals surface area (Å²) >= 11 is 7.92. The van der Waals surface area contributed by atoms with Gasteiger partial charge in [0, 0.05) is 19.7 Å². The number of benzene rings is 1. The van der Waals surface area contributed by atoms with Gasteiger partial charge in [-0.15, -0.1) is 0 Å². The fourth-order valence-electron chi connectivity index (χ4n) is 2.45. The number of imidazole rings is 1. The van der Waals surface area contributed by atoms with E-state index in [0.29, 0.717) is 9.23 Å². The van der Waals surface area contributed by atoms with Crippen molar-refractivity contribution in [3.8, 4) is 11.4 Å². The SMILES string of the molecule is CN1C(=O)/C(=C\c2nc3c(nc(-c4ccccc4)n3C)s2)SC1=S. The summed E-state index contributed by atoms with van der Waals surface area (Å²) in [6.45, 7) is 0. The third-order valence-electron chi connectivity index (χ3n) is 3.72. The van der Waals surface area contributed by atoms with Crippen LogP contribution in [-0.4, -0.2) is 36.7 Å². The number of carbonyl (C=O) groups is 1. The van der Waals surface area contributed by atoms with E-state index in [1.54, 1.807) is 13.1 Å². The molecule has 0 bridgehead atoms. The molecule has 0 unspecified atom stereocenters. The molecule has 0 aliphatic carbocycles. The molecule has 8 heteroatoms. The van der Waals surface area contributed by atoms with Crippen LogP contribution in [0.1, 0.15) is 5.01 Å². The molecule has 24 heavy (non-hydrogen) atoms. The number of thiazole rings is 1. The molecule has 1 saturated heterocycles. The maximum absolute atomic E-state index is 12.1. The highest BCUT2D eigenvalue weighted by molar-refractivity contribution is 8.26. The van der Waals surface area contributed by atoms with Gasteiger partial charge >= 0.3 is 0 Å². The van der Waals surface area contributed by atoms with Crippen molar-refractivity contribution in [3.63, 3.8) is 0 Å². The maximum atomic E-state index is 12.1. The molecule has 1 aliphatic heterocycles. The number of thioether (sulfide) groups is 1. The van der Waals surface area contributed by atoms with Gasteiger partial charge in [-0.25, -0.2) is 9.97 Å². The first kappa shape index (κ1) is 15.5. The summed E-state index contributed by atoms with van der Waals surface area (Å²) in [6.07, 6.45) is 1.79. The Balaban J connectivity index is 1.74. The van der Waals surface area contributed by atoms with Crippen LogP contribution < -0.4 is 0 Å². The predicted octanol–water partition coefficient (Wildman–Crippen LogP) is 3.53. The van der Waals surface area contributed by atoms with Crippen molar-refractivity contribution in [1.29, 1.82) is 0 Å². The highest BCUT2D eigenvalue weighted by Gasteiger charge is 2.29. The highest BCUT2D eigenvalue weighted by atomic mass is 32.2. The van der Waals surface area contributed by atoms with E-state index in [1.807, 2.05) is 41.9 Å². The third-order valence-corrected chi connectivity index (χ3v) is 6.09. The van der Waals surface area contributed by atoms with Crippen LogP contribution >= 0.6 is 35.3 Å². The molecule has 0 N–H and O–H groups in total. The summed E-state index contributed by atoms with van der Waals surface area (Å²) in [7, 11) is 3.64. The molecule has 1 aliphatic rings. The van der Waals surface area contributed by atoms with Gasteiger partial charge in [0.15, 0.2) is 10.5 Å². The highest BCUT2D eigenvalue weighted by Crippen LogP contribution is 2.34. The van der Waals surface area contributed by atoms with E-state index in [4.69, 9.17) is 12.2 Å². The molecule has 4 rings (SSSR count). The zero-order valence-electron chi connectivity index (χ0n) is 12.9. The first-order valence-electron chi connectivity index (χ1n) is 7.15. The van der Waals surface area contributed by atoms with E-state index in [-0.39, 0.29) is 5.91 Å². The summed E-state index contributed by atoms with van der Waals surface area (Å²) in [5, 5.41) is 0.761. The van der Waals surface area contributed by atoms with Gasteiger partial charge in [-0.05, 0) is 6.08 Å². The van der Waals surface area contributed by atoms with Crippen LogP contribution in [0.4, 0.5) is 0 Å². The Labute approximate surface area is 152 Å². The van der Waals surface area contributed by atoms with E-state index in [9.17, 15) is 4.79 Å². The Kier molecular flexibility index (Phi) is 3.75. The lowest BCUT2D eigenvalue weighted by atomic mass is 10.2. The van der Waals surface area contributed by atoms with Gasteiger partial charge < -0.3 is 4.57 Å². The average molecular weight is 373 g/mol. The van der Waals surface area contributed by atoms with Gasteiger partial charge in [-0.1, -0.05) is 65.6 Å². The number of nitrogens with zero attached hydrogens (tertiary/aromatic N) is 4. The van der Waals surface area contributed by atoms with E-state index in [1.165, 1.54) is 28.0 Å². The second-order valence-electron chi connectivity index (χ2n) is 5.28. The number of rotatable bonds is 2. The van der Waals surface area contributed by atoms with Crippen molar-refractivity contribution < 1.29 is 4.79 Å². The molecule has 0 radical (unpaired) electrons. The van der Waals surface area contributed by atoms with Gasteiger partial charge in [0.2, 0.25) is 0 Å². The second kappa shape index (κ2) is 5.80. The summed E-state index contributed by atoms with van der Waals surface area (Å²) in [4.78, 5) is 24.3. The molecule has 1 aromatic carbocycles. The van der Waals surface area contributed by atoms with E-state index >= 15 is 0 Å². The molecule has 120 valence electrons. The van der Waals surface area contributed by atoms with Crippen molar-refractivity contribution >= 4 is 62.1 Å². The zero-order chi connectivity index (χ0) is 16.8. The number of amides is 1. The molecule has 5 nitrogen and oxygen atoms in total. The molecular formula is C16H12N4OS3. The number of carbonyl (C=O) groups excluding carboxylic acids is 1. The molecule has 1 amide bonds. The zero-order valence-corrected chi connectivity index (χ0v) is 15.3. The number of likely N-dealkylation sites (N-methyl/N-ethyl adjacent to an activating group) is 1. The molecule has 0 spiro atoms. The van der Waals surface area contributed by atoms with E-state index in [0.717, 1.165) is 26.9 Å². The monoisotopic (exact) mass is 372 g/mol. The summed E-state index contributed by atoms with van der Waals surface area (Å²) in [5.74, 6) is 0.804. The molecule has 3 aromatic rings. The molecule has 2 aromatic heterocycles. The number of hydrogen-bond donors (Lipinski definition) is 0. The fourth-order valence-corrected chi connectivity index (χ4v) is 4.59. The van der Waals surface area contributed by atoms with E-state index < -0.39 is 0 Å². The van der Waals surface area contributed by atoms with Crippen molar-refractivity contribution in [1.82, 2.24) is 19.4 Å². The van der Waals surface area contributed by atoms with Crippen LogP contribution in [0.5, 0.6) is 0 Å². The number of fused-ring (bicyclic) bond motifs is 1. The van der Waals surface area contributed by atoms with Crippen molar-refractivity contribution in [2.45, 2.75) is 0 Å². The molecular weight excluding hydrogens is 360 g/mol. The fraction of sp³-hybridized carbons (Fsp3) is 0.125. The van der Waals surface area contributed by atoms with Gasteiger partial charge in [0.25, 0.3) is 5.91 Å². The summed E-state index contributed by atoms with van der Waals surface area (Å²) < 4.78 is 2.54. The van der Waals surface area contributed by atoms with Crippen LogP contribution in [-0.2, 0) is 11.8 Å². The number of hydrogen-bond acceptors (Lipinski definition) is 6. The number of aryl methyl sites for hydroxylation is 1. The molecule has 0 saturated carbocycles. The Morgan fingerprint density at radius 2 is 1.92 bits per heavy atom. The Morgan fingerprint density at radius 3 is 2.54 bits per heavy atom. The quantitative estimate of drug-likeness (QED) is 0.509. The minimum absolute atomic E-state index is 0.0813. The third kappa shape index (κ3) is 2.47. The lowest BCUT2D eigenvalue weighted by molar-refractivity contribution is -0.121. The van der Waals surface area contributed by atoms with Crippen LogP contribution in [0, 0.1) is 0 Å². The van der Waals surface area contributed by atoms with Gasteiger partial charge in [0.1, 0.15) is 15.2 Å². The van der Waals surface area contributed by atoms with Crippen molar-refractivity contribution in [3.05, 3.63) is 40.2 Å². The first-order valence-corrected chi connectivity index (χ1v) is 9.19. The lowest BCUT2D eigenvalue weighted by Gasteiger charge is -2.03. The molecule has 0 atom stereocenters. The largest absolute Gasteiger partial charge is 0.311 e. The van der Waals surface area contributed by atoms with Gasteiger partial charge in [0.05, 0.1) is 4.91 Å². The smallest absolute Gasteiger partial charge is 0.266 e.